The second kappa shape index (κ2) is 5.79. The highest BCUT2D eigenvalue weighted by atomic mass is 79.9. The Balaban J connectivity index is 2.36. The van der Waals surface area contributed by atoms with Crippen LogP contribution in [-0.4, -0.2) is 19.0 Å². The number of methoxy groups -OCH3 is 1. The molecule has 0 saturated heterocycles. The van der Waals surface area contributed by atoms with Crippen LogP contribution in [0.25, 0.3) is 11.3 Å². The van der Waals surface area contributed by atoms with Gasteiger partial charge in [-0.2, -0.15) is 0 Å². The zero-order chi connectivity index (χ0) is 14.7. The van der Waals surface area contributed by atoms with Crippen LogP contribution in [0, 0.1) is 5.41 Å². The molecule has 20 heavy (non-hydrogen) atoms. The third kappa shape index (κ3) is 3.00. The maximum absolute atomic E-state index is 11.7. The number of carbonyl (C=O) groups is 1. The van der Waals surface area contributed by atoms with Crippen LogP contribution in [0.15, 0.2) is 39.2 Å². The largest absolute Gasteiger partial charge is 0.496 e. The lowest BCUT2D eigenvalue weighted by atomic mass is 10.1. The Labute approximate surface area is 123 Å². The predicted octanol–water partition coefficient (Wildman–Crippen LogP) is 2.34. The fraction of sp³-hybridized carbons (Fsp3) is 0.0769. The second-order valence-electron chi connectivity index (χ2n) is 3.88. The van der Waals surface area contributed by atoms with Gasteiger partial charge < -0.3 is 14.9 Å². The lowest BCUT2D eigenvalue weighted by Crippen LogP contribution is -2.35. The minimum atomic E-state index is -0.572. The number of ether oxygens (including phenoxy) is 1. The Morgan fingerprint density at radius 1 is 1.40 bits per heavy atom. The van der Waals surface area contributed by atoms with Gasteiger partial charge in [0.05, 0.1) is 12.7 Å². The van der Waals surface area contributed by atoms with E-state index in [0.717, 1.165) is 4.47 Å². The summed E-state index contributed by atoms with van der Waals surface area (Å²) in [6, 6.07) is 8.61. The first-order valence-electron chi connectivity index (χ1n) is 5.60. The molecule has 0 aliphatic heterocycles. The summed E-state index contributed by atoms with van der Waals surface area (Å²) in [5.74, 6) is 0.167. The molecular formula is C13H12BrN3O3. The van der Waals surface area contributed by atoms with Crippen molar-refractivity contribution in [1.29, 1.82) is 5.41 Å². The van der Waals surface area contributed by atoms with Crippen molar-refractivity contribution in [1.82, 2.24) is 5.32 Å². The van der Waals surface area contributed by atoms with Gasteiger partial charge in [0.1, 0.15) is 11.5 Å². The van der Waals surface area contributed by atoms with Crippen molar-refractivity contribution in [2.45, 2.75) is 0 Å². The molecule has 4 N–H and O–H groups in total. The van der Waals surface area contributed by atoms with Crippen molar-refractivity contribution in [3.63, 3.8) is 0 Å². The van der Waals surface area contributed by atoms with Crippen molar-refractivity contribution in [2.24, 2.45) is 5.73 Å². The summed E-state index contributed by atoms with van der Waals surface area (Å²) in [5.41, 5.74) is 5.81. The van der Waals surface area contributed by atoms with Crippen molar-refractivity contribution < 1.29 is 13.9 Å². The van der Waals surface area contributed by atoms with Crippen molar-refractivity contribution in [3.8, 4) is 17.1 Å². The van der Waals surface area contributed by atoms with Crippen LogP contribution in [0.2, 0.25) is 0 Å². The van der Waals surface area contributed by atoms with Crippen LogP contribution < -0.4 is 15.8 Å². The average Bonchev–Trinajstić information content (AvgIpc) is 2.87. The number of amides is 1. The zero-order valence-corrected chi connectivity index (χ0v) is 12.2. The quantitative estimate of drug-likeness (QED) is 0.590. The Morgan fingerprint density at radius 2 is 2.15 bits per heavy atom. The van der Waals surface area contributed by atoms with E-state index in [4.69, 9.17) is 20.3 Å². The Kier molecular flexibility index (Phi) is 4.09. The first kappa shape index (κ1) is 14.1. The van der Waals surface area contributed by atoms with Gasteiger partial charge in [-0.15, -0.1) is 0 Å². The van der Waals surface area contributed by atoms with Crippen LogP contribution in [0.5, 0.6) is 5.75 Å². The molecule has 1 heterocycles. The number of nitrogens with one attached hydrogen (secondary N) is 2. The smallest absolute Gasteiger partial charge is 0.293 e. The molecule has 0 unspecified atom stereocenters. The van der Waals surface area contributed by atoms with E-state index in [2.05, 4.69) is 21.2 Å². The number of rotatable bonds is 3. The molecule has 1 amide bonds. The molecule has 0 bridgehead atoms. The molecule has 7 heteroatoms. The van der Waals surface area contributed by atoms with E-state index in [-0.39, 0.29) is 5.76 Å². The zero-order valence-electron chi connectivity index (χ0n) is 10.6. The fourth-order valence-corrected chi connectivity index (χ4v) is 2.02. The van der Waals surface area contributed by atoms with Crippen LogP contribution in [0.3, 0.4) is 0 Å². The molecule has 0 spiro atoms. The highest BCUT2D eigenvalue weighted by Gasteiger charge is 2.15. The van der Waals surface area contributed by atoms with Gasteiger partial charge in [-0.25, -0.2) is 0 Å². The number of benzene rings is 1. The standard InChI is InChI=1S/C13H12BrN3O3/c1-19-9-3-2-7(14)6-8(9)10-4-5-11(20-10)12(18)17-13(15)16/h2-6H,1H3,(H4,15,16,17,18). The van der Waals surface area contributed by atoms with E-state index in [1.807, 2.05) is 12.1 Å². The number of furan rings is 1. The molecular weight excluding hydrogens is 326 g/mol. The number of guanidine groups is 1. The van der Waals surface area contributed by atoms with Gasteiger partial charge in [-0.3, -0.25) is 15.5 Å². The number of hydrogen-bond donors (Lipinski definition) is 3. The van der Waals surface area contributed by atoms with E-state index in [0.29, 0.717) is 17.1 Å². The summed E-state index contributed by atoms with van der Waals surface area (Å²) in [6.45, 7) is 0. The highest BCUT2D eigenvalue weighted by molar-refractivity contribution is 9.10. The summed E-state index contributed by atoms with van der Waals surface area (Å²) < 4.78 is 11.6. The van der Waals surface area contributed by atoms with Crippen molar-refractivity contribution >= 4 is 27.8 Å². The average molecular weight is 338 g/mol. The topological polar surface area (TPSA) is 101 Å². The van der Waals surface area contributed by atoms with E-state index >= 15 is 0 Å². The minimum absolute atomic E-state index is 0.0669. The van der Waals surface area contributed by atoms with Crippen LogP contribution in [-0.2, 0) is 0 Å². The monoisotopic (exact) mass is 337 g/mol. The molecule has 0 atom stereocenters. The lowest BCUT2D eigenvalue weighted by Gasteiger charge is -2.06. The predicted molar refractivity (Wildman–Crippen MR) is 77.8 cm³/mol. The summed E-state index contributed by atoms with van der Waals surface area (Å²) in [6.07, 6.45) is 0. The number of nitrogens with two attached hydrogens (primary N) is 1. The molecule has 104 valence electrons. The molecule has 2 rings (SSSR count). The van der Waals surface area contributed by atoms with Gasteiger partial charge in [-0.05, 0) is 30.3 Å². The van der Waals surface area contributed by atoms with Gasteiger partial charge in [0.15, 0.2) is 11.7 Å². The third-order valence-electron chi connectivity index (χ3n) is 2.50. The minimum Gasteiger partial charge on any atom is -0.496 e. The van der Waals surface area contributed by atoms with E-state index in [9.17, 15) is 4.79 Å². The SMILES string of the molecule is COc1ccc(Br)cc1-c1ccc(C(=O)NC(=N)N)o1. The molecule has 1 aromatic heterocycles. The molecule has 0 saturated carbocycles. The maximum Gasteiger partial charge on any atom is 0.293 e. The van der Waals surface area contributed by atoms with Crippen LogP contribution in [0.4, 0.5) is 0 Å². The number of hydrogen-bond acceptors (Lipinski definition) is 4. The highest BCUT2D eigenvalue weighted by Crippen LogP contribution is 2.33. The Morgan fingerprint density at radius 3 is 2.80 bits per heavy atom. The van der Waals surface area contributed by atoms with Crippen molar-refractivity contribution in [2.75, 3.05) is 7.11 Å². The Hall–Kier alpha value is -2.28. The van der Waals surface area contributed by atoms with Crippen molar-refractivity contribution in [3.05, 3.63) is 40.6 Å². The van der Waals surface area contributed by atoms with Crippen LogP contribution >= 0.6 is 15.9 Å². The molecule has 0 aliphatic rings. The van der Waals surface area contributed by atoms with Gasteiger partial charge in [0.2, 0.25) is 0 Å². The Bertz CT molecular complexity index is 667. The molecule has 6 nitrogen and oxygen atoms in total. The van der Waals surface area contributed by atoms with E-state index < -0.39 is 11.9 Å². The first-order chi connectivity index (χ1) is 9.51. The van der Waals surface area contributed by atoms with Crippen LogP contribution in [0.1, 0.15) is 10.6 Å². The molecule has 0 fully saturated rings. The van der Waals surface area contributed by atoms with Gasteiger partial charge in [0.25, 0.3) is 5.91 Å². The number of carbonyl (C=O) groups excluding carboxylic acids is 1. The molecule has 0 radical (unpaired) electrons. The van der Waals surface area contributed by atoms with Gasteiger partial charge in [0, 0.05) is 4.47 Å². The lowest BCUT2D eigenvalue weighted by molar-refractivity contribution is 0.0950. The summed E-state index contributed by atoms with van der Waals surface area (Å²) in [5, 5.41) is 9.17. The normalized spacial score (nSPS) is 10.1. The first-order valence-corrected chi connectivity index (χ1v) is 6.39. The van der Waals surface area contributed by atoms with E-state index in [1.54, 1.807) is 19.2 Å². The van der Waals surface area contributed by atoms with Gasteiger partial charge in [-0.1, -0.05) is 15.9 Å². The van der Waals surface area contributed by atoms with E-state index in [1.165, 1.54) is 6.07 Å². The summed E-state index contributed by atoms with van der Waals surface area (Å²) in [7, 11) is 1.55. The second-order valence-corrected chi connectivity index (χ2v) is 4.79. The molecule has 1 aromatic carbocycles. The summed E-state index contributed by atoms with van der Waals surface area (Å²) >= 11 is 3.37. The number of halogens is 1. The third-order valence-corrected chi connectivity index (χ3v) is 3.00. The fourth-order valence-electron chi connectivity index (χ4n) is 1.66. The maximum atomic E-state index is 11.7. The molecule has 2 aromatic rings. The molecule has 0 aliphatic carbocycles. The van der Waals surface area contributed by atoms with Gasteiger partial charge >= 0.3 is 0 Å². The summed E-state index contributed by atoms with van der Waals surface area (Å²) in [4.78, 5) is 11.7.